The largest absolute Gasteiger partial charge is 0.464 e. The fourth-order valence-corrected chi connectivity index (χ4v) is 2.50. The summed E-state index contributed by atoms with van der Waals surface area (Å²) in [7, 11) is -3.71. The molecule has 1 aromatic heterocycles. The van der Waals surface area contributed by atoms with Gasteiger partial charge >= 0.3 is 6.03 Å². The van der Waals surface area contributed by atoms with E-state index in [1.54, 1.807) is 12.1 Å². The van der Waals surface area contributed by atoms with Gasteiger partial charge in [-0.15, -0.1) is 0 Å². The minimum Gasteiger partial charge on any atom is -0.464 e. The monoisotopic (exact) mass is 337 g/mol. The van der Waals surface area contributed by atoms with E-state index in [0.717, 1.165) is 11.3 Å². The van der Waals surface area contributed by atoms with E-state index in [1.165, 1.54) is 12.1 Å². The van der Waals surface area contributed by atoms with Crippen LogP contribution in [-0.2, 0) is 16.6 Å². The number of benzene rings is 1. The fourth-order valence-electron chi connectivity index (χ4n) is 1.98. The van der Waals surface area contributed by atoms with Crippen LogP contribution in [0.4, 0.5) is 4.79 Å². The number of carbonyl (C=O) groups excluding carboxylic acids is 1. The number of nitrogens with one attached hydrogen (secondary N) is 2. The van der Waals surface area contributed by atoms with Crippen molar-refractivity contribution in [2.45, 2.75) is 31.3 Å². The fraction of sp³-hybridized carbons (Fsp3) is 0.267. The van der Waals surface area contributed by atoms with Crippen LogP contribution in [-0.4, -0.2) is 14.4 Å². The maximum Gasteiger partial charge on any atom is 0.315 e. The molecule has 4 N–H and O–H groups in total. The highest BCUT2D eigenvalue weighted by Gasteiger charge is 2.12. The number of rotatable bonds is 5. The van der Waals surface area contributed by atoms with Crippen molar-refractivity contribution in [3.8, 4) is 0 Å². The molecule has 0 aliphatic rings. The Morgan fingerprint density at radius 2 is 1.87 bits per heavy atom. The van der Waals surface area contributed by atoms with Crippen LogP contribution in [0.5, 0.6) is 0 Å². The highest BCUT2D eigenvalue weighted by atomic mass is 32.2. The molecule has 0 aliphatic carbocycles. The molecular weight excluding hydrogens is 318 g/mol. The maximum atomic E-state index is 11.9. The van der Waals surface area contributed by atoms with E-state index in [4.69, 9.17) is 9.56 Å². The Morgan fingerprint density at radius 3 is 2.39 bits per heavy atom. The quantitative estimate of drug-likeness (QED) is 0.771. The van der Waals surface area contributed by atoms with Crippen molar-refractivity contribution < 1.29 is 17.6 Å². The van der Waals surface area contributed by atoms with Gasteiger partial charge < -0.3 is 15.1 Å². The van der Waals surface area contributed by atoms with Crippen LogP contribution < -0.4 is 15.8 Å². The number of carbonyl (C=O) groups is 1. The second-order valence-electron chi connectivity index (χ2n) is 5.19. The molecule has 8 heteroatoms. The zero-order chi connectivity index (χ0) is 17.0. The van der Waals surface area contributed by atoms with E-state index in [0.29, 0.717) is 5.76 Å². The molecule has 0 spiro atoms. The summed E-state index contributed by atoms with van der Waals surface area (Å²) in [6.07, 6.45) is 0. The second-order valence-corrected chi connectivity index (χ2v) is 6.75. The number of primary sulfonamides is 1. The normalized spacial score (nSPS) is 12.7. The summed E-state index contributed by atoms with van der Waals surface area (Å²) < 4.78 is 27.8. The van der Waals surface area contributed by atoms with E-state index in [1.807, 2.05) is 26.0 Å². The molecule has 0 saturated heterocycles. The summed E-state index contributed by atoms with van der Waals surface area (Å²) in [5.74, 6) is 1.46. The van der Waals surface area contributed by atoms with Crippen molar-refractivity contribution in [1.82, 2.24) is 10.6 Å². The Hall–Kier alpha value is -2.32. The van der Waals surface area contributed by atoms with Crippen LogP contribution in [0, 0.1) is 6.92 Å². The van der Waals surface area contributed by atoms with Crippen LogP contribution >= 0.6 is 0 Å². The predicted octanol–water partition coefficient (Wildman–Crippen LogP) is 1.80. The standard InChI is InChI=1S/C15H19N3O4S/c1-10-3-8-14(22-10)11(2)18-15(19)17-9-12-4-6-13(7-5-12)23(16,20)21/h3-8,11H,9H2,1-2H3,(H2,16,20,21)(H2,17,18,19). The van der Waals surface area contributed by atoms with Crippen LogP contribution in [0.1, 0.15) is 30.0 Å². The smallest absolute Gasteiger partial charge is 0.315 e. The number of hydrogen-bond donors (Lipinski definition) is 3. The molecule has 23 heavy (non-hydrogen) atoms. The molecule has 7 nitrogen and oxygen atoms in total. The molecule has 124 valence electrons. The lowest BCUT2D eigenvalue weighted by Gasteiger charge is -2.12. The maximum absolute atomic E-state index is 11.9. The summed E-state index contributed by atoms with van der Waals surface area (Å²) in [4.78, 5) is 11.9. The van der Waals surface area contributed by atoms with E-state index in [9.17, 15) is 13.2 Å². The van der Waals surface area contributed by atoms with E-state index < -0.39 is 10.0 Å². The highest BCUT2D eigenvalue weighted by Crippen LogP contribution is 2.15. The Bertz CT molecular complexity index is 781. The van der Waals surface area contributed by atoms with Crippen LogP contribution in [0.2, 0.25) is 0 Å². The highest BCUT2D eigenvalue weighted by molar-refractivity contribution is 7.89. The van der Waals surface area contributed by atoms with Crippen LogP contribution in [0.25, 0.3) is 0 Å². The summed E-state index contributed by atoms with van der Waals surface area (Å²) in [5.41, 5.74) is 0.758. The molecule has 0 radical (unpaired) electrons. The van der Waals surface area contributed by atoms with Gasteiger partial charge in [0.15, 0.2) is 0 Å². The van der Waals surface area contributed by atoms with Gasteiger partial charge in [0.1, 0.15) is 11.5 Å². The van der Waals surface area contributed by atoms with Gasteiger partial charge in [0, 0.05) is 6.54 Å². The zero-order valence-electron chi connectivity index (χ0n) is 12.9. The van der Waals surface area contributed by atoms with Crippen molar-refractivity contribution in [3.05, 3.63) is 53.5 Å². The van der Waals surface area contributed by atoms with Gasteiger partial charge in [0.2, 0.25) is 10.0 Å². The van der Waals surface area contributed by atoms with Crippen molar-refractivity contribution in [3.63, 3.8) is 0 Å². The lowest BCUT2D eigenvalue weighted by atomic mass is 10.2. The summed E-state index contributed by atoms with van der Waals surface area (Å²) in [5, 5.41) is 10.5. The molecule has 2 aromatic rings. The van der Waals surface area contributed by atoms with E-state index in [2.05, 4.69) is 10.6 Å². The number of hydrogen-bond acceptors (Lipinski definition) is 4. The van der Waals surface area contributed by atoms with Crippen molar-refractivity contribution in [1.29, 1.82) is 0 Å². The Morgan fingerprint density at radius 1 is 1.22 bits per heavy atom. The van der Waals surface area contributed by atoms with Gasteiger partial charge in [-0.3, -0.25) is 0 Å². The predicted molar refractivity (Wildman–Crippen MR) is 85.0 cm³/mol. The Kier molecular flexibility index (Phi) is 5.07. The number of aryl methyl sites for hydroxylation is 1. The molecule has 2 amide bonds. The first-order valence-corrected chi connectivity index (χ1v) is 8.53. The second kappa shape index (κ2) is 6.84. The summed E-state index contributed by atoms with van der Waals surface area (Å²) >= 11 is 0. The summed E-state index contributed by atoms with van der Waals surface area (Å²) in [6.45, 7) is 3.92. The first-order valence-electron chi connectivity index (χ1n) is 6.98. The first kappa shape index (κ1) is 17.0. The van der Waals surface area contributed by atoms with Crippen molar-refractivity contribution in [2.75, 3.05) is 0 Å². The molecule has 0 fully saturated rings. The molecule has 1 atom stereocenters. The minimum atomic E-state index is -3.71. The van der Waals surface area contributed by atoms with Crippen molar-refractivity contribution >= 4 is 16.1 Å². The van der Waals surface area contributed by atoms with Gasteiger partial charge in [-0.2, -0.15) is 0 Å². The molecule has 1 heterocycles. The van der Waals surface area contributed by atoms with E-state index >= 15 is 0 Å². The zero-order valence-corrected chi connectivity index (χ0v) is 13.7. The third kappa shape index (κ3) is 4.83. The van der Waals surface area contributed by atoms with Crippen LogP contribution in [0.3, 0.4) is 0 Å². The van der Waals surface area contributed by atoms with Crippen LogP contribution in [0.15, 0.2) is 45.7 Å². The molecule has 0 aliphatic heterocycles. The third-order valence-electron chi connectivity index (χ3n) is 3.24. The number of furan rings is 1. The molecular formula is C15H19N3O4S. The van der Waals surface area contributed by atoms with Gasteiger partial charge in [-0.25, -0.2) is 18.4 Å². The lowest BCUT2D eigenvalue weighted by Crippen LogP contribution is -2.36. The lowest BCUT2D eigenvalue weighted by molar-refractivity contribution is 0.235. The topological polar surface area (TPSA) is 114 Å². The van der Waals surface area contributed by atoms with Gasteiger partial charge in [-0.1, -0.05) is 12.1 Å². The number of sulfonamides is 1. The average Bonchev–Trinajstić information content (AvgIpc) is 2.91. The molecule has 0 saturated carbocycles. The molecule has 0 bridgehead atoms. The average molecular weight is 337 g/mol. The Balaban J connectivity index is 1.87. The third-order valence-corrected chi connectivity index (χ3v) is 4.17. The first-order chi connectivity index (χ1) is 10.8. The SMILES string of the molecule is Cc1ccc(C(C)NC(=O)NCc2ccc(S(N)(=O)=O)cc2)o1. The van der Waals surface area contributed by atoms with Gasteiger partial charge in [0.25, 0.3) is 0 Å². The molecule has 1 aromatic carbocycles. The molecule has 2 rings (SSSR count). The molecule has 1 unspecified atom stereocenters. The summed E-state index contributed by atoms with van der Waals surface area (Å²) in [6, 6.07) is 9.04. The minimum absolute atomic E-state index is 0.0347. The van der Waals surface area contributed by atoms with Gasteiger partial charge in [0.05, 0.1) is 10.9 Å². The Labute approximate surface area is 134 Å². The number of amides is 2. The number of urea groups is 1. The van der Waals surface area contributed by atoms with E-state index in [-0.39, 0.29) is 23.5 Å². The number of nitrogens with two attached hydrogens (primary N) is 1. The van der Waals surface area contributed by atoms with Crippen molar-refractivity contribution in [2.24, 2.45) is 5.14 Å². The van der Waals surface area contributed by atoms with Gasteiger partial charge in [-0.05, 0) is 43.7 Å².